The van der Waals surface area contributed by atoms with Crippen LogP contribution < -0.4 is 4.74 Å². The molecule has 0 N–H and O–H groups in total. The van der Waals surface area contributed by atoms with Crippen molar-refractivity contribution in [3.05, 3.63) is 65.2 Å². The van der Waals surface area contributed by atoms with Gasteiger partial charge in [0.25, 0.3) is 0 Å². The van der Waals surface area contributed by atoms with Crippen LogP contribution in [0.3, 0.4) is 0 Å². The lowest BCUT2D eigenvalue weighted by molar-refractivity contribution is 0.0626. The van der Waals surface area contributed by atoms with Crippen molar-refractivity contribution in [3.8, 4) is 5.75 Å². The van der Waals surface area contributed by atoms with Crippen LogP contribution in [0.1, 0.15) is 151 Å². The molecule has 2 rings (SSSR count). The molecule has 0 heterocycles. The molecule has 212 valence electrons. The van der Waals surface area contributed by atoms with Crippen molar-refractivity contribution in [3.63, 3.8) is 0 Å². The van der Waals surface area contributed by atoms with Crippen molar-refractivity contribution in [2.24, 2.45) is 0 Å². The second-order valence-electron chi connectivity index (χ2n) is 10.9. The van der Waals surface area contributed by atoms with Crippen molar-refractivity contribution < 1.29 is 14.3 Å². The van der Waals surface area contributed by atoms with Crippen LogP contribution in [0.2, 0.25) is 0 Å². The minimum absolute atomic E-state index is 0.0257. The Morgan fingerprint density at radius 1 is 0.632 bits per heavy atom. The van der Waals surface area contributed by atoms with Crippen molar-refractivity contribution in [1.82, 2.24) is 0 Å². The smallest absolute Gasteiger partial charge is 0.343 e. The summed E-state index contributed by atoms with van der Waals surface area (Å²) < 4.78 is 11.6. The van der Waals surface area contributed by atoms with Gasteiger partial charge in [-0.3, -0.25) is 0 Å². The zero-order valence-electron chi connectivity index (χ0n) is 24.6. The third kappa shape index (κ3) is 14.1. The highest BCUT2D eigenvalue weighted by Crippen LogP contribution is 2.20. The highest BCUT2D eigenvalue weighted by molar-refractivity contribution is 5.91. The average molecular weight is 523 g/mol. The summed E-state index contributed by atoms with van der Waals surface area (Å²) in [6.45, 7) is 7.34. The van der Waals surface area contributed by atoms with Crippen molar-refractivity contribution >= 4 is 5.97 Å². The summed E-state index contributed by atoms with van der Waals surface area (Å²) in [6, 6.07) is 15.5. The van der Waals surface area contributed by atoms with Gasteiger partial charge in [-0.1, -0.05) is 128 Å². The standard InChI is InChI=1S/C35H54O3/c1-4-6-8-9-10-11-12-13-14-15-16-17-18-19-29-37-30(3)32-23-25-33(26-24-32)35(36)38-34-27-21-31(22-28-34)20-7-5-2/h21-28,30H,4-20,29H2,1-3H3. The maximum absolute atomic E-state index is 12.5. The monoisotopic (exact) mass is 522 g/mol. The van der Waals surface area contributed by atoms with Crippen LogP contribution >= 0.6 is 0 Å². The molecule has 2 aromatic rings. The number of unbranched alkanes of at least 4 members (excludes halogenated alkanes) is 14. The number of aryl methyl sites for hydroxylation is 1. The average Bonchev–Trinajstić information content (AvgIpc) is 2.94. The van der Waals surface area contributed by atoms with Crippen LogP contribution in [0.25, 0.3) is 0 Å². The van der Waals surface area contributed by atoms with Crippen molar-refractivity contribution in [2.45, 2.75) is 136 Å². The van der Waals surface area contributed by atoms with E-state index in [2.05, 4.69) is 20.8 Å². The Hall–Kier alpha value is -2.13. The quantitative estimate of drug-likeness (QED) is 0.0876. The predicted molar refractivity (Wildman–Crippen MR) is 161 cm³/mol. The summed E-state index contributed by atoms with van der Waals surface area (Å²) in [5, 5.41) is 0. The van der Waals surface area contributed by atoms with E-state index in [0.29, 0.717) is 11.3 Å². The van der Waals surface area contributed by atoms with Gasteiger partial charge in [0.1, 0.15) is 5.75 Å². The Labute approximate surface area is 233 Å². The molecule has 0 saturated heterocycles. The number of benzene rings is 2. The number of ether oxygens (including phenoxy) is 2. The van der Waals surface area contributed by atoms with Crippen LogP contribution in [-0.2, 0) is 11.2 Å². The first-order chi connectivity index (χ1) is 18.6. The Bertz CT molecular complexity index is 840. The molecule has 3 heteroatoms. The molecule has 38 heavy (non-hydrogen) atoms. The van der Waals surface area contributed by atoms with E-state index in [9.17, 15) is 4.79 Å². The van der Waals surface area contributed by atoms with Gasteiger partial charge in [-0.25, -0.2) is 4.79 Å². The van der Waals surface area contributed by atoms with Crippen LogP contribution in [0.4, 0.5) is 0 Å². The third-order valence-corrected chi connectivity index (χ3v) is 7.43. The summed E-state index contributed by atoms with van der Waals surface area (Å²) >= 11 is 0. The zero-order valence-corrected chi connectivity index (χ0v) is 24.6. The first kappa shape index (κ1) is 32.1. The molecule has 0 saturated carbocycles. The van der Waals surface area contributed by atoms with E-state index in [-0.39, 0.29) is 12.1 Å². The van der Waals surface area contributed by atoms with Crippen molar-refractivity contribution in [1.29, 1.82) is 0 Å². The van der Waals surface area contributed by atoms with Crippen LogP contribution in [0, 0.1) is 0 Å². The number of rotatable bonds is 22. The maximum Gasteiger partial charge on any atom is 0.343 e. The van der Waals surface area contributed by atoms with Gasteiger partial charge in [0, 0.05) is 6.61 Å². The topological polar surface area (TPSA) is 35.5 Å². The lowest BCUT2D eigenvalue weighted by atomic mass is 10.0. The lowest BCUT2D eigenvalue weighted by Crippen LogP contribution is -2.09. The highest BCUT2D eigenvalue weighted by Gasteiger charge is 2.11. The fourth-order valence-electron chi connectivity index (χ4n) is 4.81. The molecular weight excluding hydrogens is 468 g/mol. The minimum Gasteiger partial charge on any atom is -0.423 e. The van der Waals surface area contributed by atoms with Gasteiger partial charge < -0.3 is 9.47 Å². The molecular formula is C35H54O3. The van der Waals surface area contributed by atoms with E-state index in [1.807, 2.05) is 48.5 Å². The maximum atomic E-state index is 12.5. The summed E-state index contributed by atoms with van der Waals surface area (Å²) in [7, 11) is 0. The Morgan fingerprint density at radius 3 is 1.66 bits per heavy atom. The Balaban J connectivity index is 1.52. The summed E-state index contributed by atoms with van der Waals surface area (Å²) in [6.07, 6.45) is 22.6. The second kappa shape index (κ2) is 20.8. The van der Waals surface area contributed by atoms with E-state index in [4.69, 9.17) is 9.47 Å². The molecule has 0 spiro atoms. The van der Waals surface area contributed by atoms with Crippen LogP contribution in [0.15, 0.2) is 48.5 Å². The van der Waals surface area contributed by atoms with Crippen molar-refractivity contribution in [2.75, 3.05) is 6.61 Å². The molecule has 1 unspecified atom stereocenters. The predicted octanol–water partition coefficient (Wildman–Crippen LogP) is 10.8. The molecule has 0 radical (unpaired) electrons. The molecule has 1 atom stereocenters. The van der Waals surface area contributed by atoms with E-state index in [1.54, 1.807) is 0 Å². The summed E-state index contributed by atoms with van der Waals surface area (Å²) in [5.74, 6) is 0.262. The Kier molecular flexibility index (Phi) is 17.5. The van der Waals surface area contributed by atoms with E-state index in [0.717, 1.165) is 25.0 Å². The van der Waals surface area contributed by atoms with Gasteiger partial charge in [0.05, 0.1) is 11.7 Å². The fraction of sp³-hybridized carbons (Fsp3) is 0.629. The van der Waals surface area contributed by atoms with Gasteiger partial charge in [0.15, 0.2) is 0 Å². The largest absolute Gasteiger partial charge is 0.423 e. The zero-order chi connectivity index (χ0) is 27.3. The van der Waals surface area contributed by atoms with Gasteiger partial charge in [0.2, 0.25) is 0 Å². The Morgan fingerprint density at radius 2 is 1.13 bits per heavy atom. The van der Waals surface area contributed by atoms with E-state index in [1.165, 1.54) is 102 Å². The lowest BCUT2D eigenvalue weighted by Gasteiger charge is -2.14. The van der Waals surface area contributed by atoms with Gasteiger partial charge in [-0.15, -0.1) is 0 Å². The third-order valence-electron chi connectivity index (χ3n) is 7.43. The van der Waals surface area contributed by atoms with E-state index < -0.39 is 0 Å². The molecule has 0 aliphatic heterocycles. The minimum atomic E-state index is -0.325. The van der Waals surface area contributed by atoms with Gasteiger partial charge in [-0.05, 0) is 61.6 Å². The normalized spacial score (nSPS) is 12.0. The van der Waals surface area contributed by atoms with Gasteiger partial charge >= 0.3 is 5.97 Å². The van der Waals surface area contributed by atoms with Crippen LogP contribution in [-0.4, -0.2) is 12.6 Å². The molecule has 2 aromatic carbocycles. The number of hydrogen-bond donors (Lipinski definition) is 0. The summed E-state index contributed by atoms with van der Waals surface area (Å²) in [4.78, 5) is 12.5. The van der Waals surface area contributed by atoms with Crippen LogP contribution in [0.5, 0.6) is 5.75 Å². The molecule has 0 aliphatic rings. The summed E-state index contributed by atoms with van der Waals surface area (Å²) in [5.41, 5.74) is 2.93. The molecule has 0 aromatic heterocycles. The molecule has 0 fully saturated rings. The number of carbonyl (C=O) groups excluding carboxylic acids is 1. The fourth-order valence-corrected chi connectivity index (χ4v) is 4.81. The number of hydrogen-bond acceptors (Lipinski definition) is 3. The first-order valence-electron chi connectivity index (χ1n) is 15.7. The van der Waals surface area contributed by atoms with E-state index >= 15 is 0 Å². The second-order valence-corrected chi connectivity index (χ2v) is 10.9. The molecule has 0 bridgehead atoms. The number of esters is 1. The molecule has 0 aliphatic carbocycles. The molecule has 3 nitrogen and oxygen atoms in total. The number of carbonyl (C=O) groups is 1. The SMILES string of the molecule is CCCCCCCCCCCCCCCCOC(C)c1ccc(C(=O)Oc2ccc(CCCC)cc2)cc1. The first-order valence-corrected chi connectivity index (χ1v) is 15.7. The highest BCUT2D eigenvalue weighted by atomic mass is 16.5. The molecule has 0 amide bonds. The van der Waals surface area contributed by atoms with Gasteiger partial charge in [-0.2, -0.15) is 0 Å².